The van der Waals surface area contributed by atoms with Crippen LogP contribution in [-0.4, -0.2) is 30.2 Å². The van der Waals surface area contributed by atoms with Crippen LogP contribution in [0.25, 0.3) is 11.1 Å². The molecule has 1 aromatic carbocycles. The normalized spacial score (nSPS) is 27.3. The monoisotopic (exact) mass is 271 g/mol. The van der Waals surface area contributed by atoms with Gasteiger partial charge in [0, 0.05) is 18.6 Å². The number of aromatic nitrogens is 1. The summed E-state index contributed by atoms with van der Waals surface area (Å²) in [5.41, 5.74) is 1.86. The van der Waals surface area contributed by atoms with E-state index < -0.39 is 0 Å². The third-order valence-electron chi connectivity index (χ3n) is 4.64. The lowest BCUT2D eigenvalue weighted by Gasteiger charge is -2.38. The number of oxazole rings is 1. The number of hydrogen-bond acceptors (Lipinski definition) is 4. The van der Waals surface area contributed by atoms with Gasteiger partial charge in [-0.1, -0.05) is 12.1 Å². The molecule has 1 aromatic heterocycles. The van der Waals surface area contributed by atoms with Gasteiger partial charge in [-0.25, -0.2) is 0 Å². The molecule has 0 saturated carbocycles. The highest BCUT2D eigenvalue weighted by molar-refractivity contribution is 5.74. The molecule has 2 aliphatic heterocycles. The van der Waals surface area contributed by atoms with Gasteiger partial charge in [0.25, 0.3) is 6.01 Å². The van der Waals surface area contributed by atoms with E-state index in [1.54, 1.807) is 0 Å². The van der Waals surface area contributed by atoms with Gasteiger partial charge < -0.3 is 14.6 Å². The van der Waals surface area contributed by atoms with Crippen molar-refractivity contribution in [2.45, 2.75) is 44.2 Å². The summed E-state index contributed by atoms with van der Waals surface area (Å²) in [5.74, 6) is 0. The Morgan fingerprint density at radius 1 is 1.15 bits per heavy atom. The highest BCUT2D eigenvalue weighted by atomic mass is 16.4. The third-order valence-corrected chi connectivity index (χ3v) is 4.64. The molecule has 1 N–H and O–H groups in total. The molecule has 2 aromatic rings. The smallest absolute Gasteiger partial charge is 0.298 e. The number of nitrogens with zero attached hydrogens (tertiary/aromatic N) is 2. The molecule has 4 heteroatoms. The maximum atomic E-state index is 5.98. The van der Waals surface area contributed by atoms with Gasteiger partial charge in [0.05, 0.1) is 0 Å². The standard InChI is InChI=1S/C16H21N3O/c1-2-9-15-13(6-1)18-16(20-15)19-11-4-3-8-14(19)12-7-5-10-17-12/h1-2,6,9,12,14,17H,3-5,7-8,10-11H2. The molecule has 106 valence electrons. The number of benzene rings is 1. The van der Waals surface area contributed by atoms with Crippen LogP contribution in [0.3, 0.4) is 0 Å². The number of nitrogens with one attached hydrogen (secondary N) is 1. The Kier molecular flexibility index (Phi) is 3.11. The molecular formula is C16H21N3O. The van der Waals surface area contributed by atoms with Crippen LogP contribution in [0.1, 0.15) is 32.1 Å². The first-order valence-electron chi connectivity index (χ1n) is 7.77. The SMILES string of the molecule is c1ccc2oc(N3CCCCC3C3CCCN3)nc2c1. The first-order valence-corrected chi connectivity index (χ1v) is 7.77. The van der Waals surface area contributed by atoms with Gasteiger partial charge in [-0.2, -0.15) is 4.98 Å². The summed E-state index contributed by atoms with van der Waals surface area (Å²) >= 11 is 0. The molecule has 2 saturated heterocycles. The van der Waals surface area contributed by atoms with Gasteiger partial charge in [0.2, 0.25) is 0 Å². The molecule has 0 bridgehead atoms. The second kappa shape index (κ2) is 5.09. The first-order chi connectivity index (χ1) is 9.92. The molecule has 0 aliphatic carbocycles. The first kappa shape index (κ1) is 12.2. The summed E-state index contributed by atoms with van der Waals surface area (Å²) in [6, 6.07) is 9.99. The Hall–Kier alpha value is -1.55. The van der Waals surface area contributed by atoms with Crippen LogP contribution in [0.2, 0.25) is 0 Å². The number of piperidine rings is 1. The summed E-state index contributed by atoms with van der Waals surface area (Å²) in [5, 5.41) is 3.65. The molecular weight excluding hydrogens is 250 g/mol. The largest absolute Gasteiger partial charge is 0.423 e. The molecule has 0 amide bonds. The summed E-state index contributed by atoms with van der Waals surface area (Å²) in [6.45, 7) is 2.22. The average molecular weight is 271 g/mol. The highest BCUT2D eigenvalue weighted by Crippen LogP contribution is 2.30. The minimum absolute atomic E-state index is 0.541. The van der Waals surface area contributed by atoms with Crippen LogP contribution in [0.4, 0.5) is 6.01 Å². The maximum Gasteiger partial charge on any atom is 0.298 e. The van der Waals surface area contributed by atoms with Crippen molar-refractivity contribution in [3.05, 3.63) is 24.3 Å². The molecule has 0 spiro atoms. The fourth-order valence-corrected chi connectivity index (χ4v) is 3.64. The van der Waals surface area contributed by atoms with Crippen molar-refractivity contribution in [1.82, 2.24) is 10.3 Å². The van der Waals surface area contributed by atoms with Crippen LogP contribution in [-0.2, 0) is 0 Å². The van der Waals surface area contributed by atoms with Gasteiger partial charge in [-0.15, -0.1) is 0 Å². The Morgan fingerprint density at radius 2 is 2.10 bits per heavy atom. The minimum Gasteiger partial charge on any atom is -0.423 e. The minimum atomic E-state index is 0.541. The Bertz CT molecular complexity index is 555. The molecule has 4 nitrogen and oxygen atoms in total. The summed E-state index contributed by atoms with van der Waals surface area (Å²) in [6.07, 6.45) is 6.38. The second-order valence-corrected chi connectivity index (χ2v) is 5.92. The third kappa shape index (κ3) is 2.08. The molecule has 20 heavy (non-hydrogen) atoms. The van der Waals surface area contributed by atoms with Gasteiger partial charge in [-0.3, -0.25) is 0 Å². The van der Waals surface area contributed by atoms with Gasteiger partial charge >= 0.3 is 0 Å². The Balaban J connectivity index is 1.66. The molecule has 2 aliphatic rings. The van der Waals surface area contributed by atoms with Crippen LogP contribution in [0.5, 0.6) is 0 Å². The Labute approximate surface area is 119 Å². The lowest BCUT2D eigenvalue weighted by molar-refractivity contribution is 0.358. The summed E-state index contributed by atoms with van der Waals surface area (Å²) in [4.78, 5) is 7.08. The van der Waals surface area contributed by atoms with Crippen LogP contribution in [0, 0.1) is 0 Å². The van der Waals surface area contributed by atoms with E-state index in [1.165, 1.54) is 32.1 Å². The number of hydrogen-bond donors (Lipinski definition) is 1. The van der Waals surface area contributed by atoms with E-state index >= 15 is 0 Å². The molecule has 2 unspecified atom stereocenters. The van der Waals surface area contributed by atoms with E-state index in [2.05, 4.69) is 15.2 Å². The van der Waals surface area contributed by atoms with Gasteiger partial charge in [0.15, 0.2) is 5.58 Å². The van der Waals surface area contributed by atoms with E-state index in [1.807, 2.05) is 24.3 Å². The highest BCUT2D eigenvalue weighted by Gasteiger charge is 2.33. The fourth-order valence-electron chi connectivity index (χ4n) is 3.64. The fraction of sp³-hybridized carbons (Fsp3) is 0.562. The van der Waals surface area contributed by atoms with E-state index in [0.717, 1.165) is 30.2 Å². The number of para-hydroxylation sites is 2. The summed E-state index contributed by atoms with van der Waals surface area (Å²) < 4.78 is 5.98. The van der Waals surface area contributed by atoms with Crippen LogP contribution in [0.15, 0.2) is 28.7 Å². The molecule has 3 heterocycles. The molecule has 0 radical (unpaired) electrons. The van der Waals surface area contributed by atoms with Crippen molar-refractivity contribution in [2.24, 2.45) is 0 Å². The van der Waals surface area contributed by atoms with Crippen molar-refractivity contribution >= 4 is 17.1 Å². The van der Waals surface area contributed by atoms with E-state index in [4.69, 9.17) is 4.42 Å². The van der Waals surface area contributed by atoms with Crippen molar-refractivity contribution in [2.75, 3.05) is 18.0 Å². The predicted molar refractivity (Wildman–Crippen MR) is 80.0 cm³/mol. The predicted octanol–water partition coefficient (Wildman–Crippen LogP) is 2.94. The second-order valence-electron chi connectivity index (χ2n) is 5.92. The zero-order valence-electron chi connectivity index (χ0n) is 11.7. The number of rotatable bonds is 2. The molecule has 4 rings (SSSR count). The average Bonchev–Trinajstić information content (AvgIpc) is 3.16. The maximum absolute atomic E-state index is 5.98. The molecule has 2 fully saturated rings. The van der Waals surface area contributed by atoms with Crippen molar-refractivity contribution in [3.8, 4) is 0 Å². The quantitative estimate of drug-likeness (QED) is 0.912. The van der Waals surface area contributed by atoms with Crippen LogP contribution >= 0.6 is 0 Å². The zero-order valence-corrected chi connectivity index (χ0v) is 11.7. The van der Waals surface area contributed by atoms with E-state index in [9.17, 15) is 0 Å². The molecule has 2 atom stereocenters. The van der Waals surface area contributed by atoms with E-state index in [-0.39, 0.29) is 0 Å². The van der Waals surface area contributed by atoms with Crippen LogP contribution < -0.4 is 10.2 Å². The van der Waals surface area contributed by atoms with E-state index in [0.29, 0.717) is 12.1 Å². The number of anilines is 1. The zero-order chi connectivity index (χ0) is 13.4. The lowest BCUT2D eigenvalue weighted by atomic mass is 9.95. The lowest BCUT2D eigenvalue weighted by Crippen LogP contribution is -2.50. The van der Waals surface area contributed by atoms with Gasteiger partial charge in [-0.05, 0) is 50.8 Å². The topological polar surface area (TPSA) is 41.3 Å². The van der Waals surface area contributed by atoms with Crippen molar-refractivity contribution in [1.29, 1.82) is 0 Å². The van der Waals surface area contributed by atoms with Gasteiger partial charge in [0.1, 0.15) is 5.52 Å². The van der Waals surface area contributed by atoms with Crippen molar-refractivity contribution < 1.29 is 4.42 Å². The summed E-state index contributed by atoms with van der Waals surface area (Å²) in [7, 11) is 0. The van der Waals surface area contributed by atoms with Crippen molar-refractivity contribution in [3.63, 3.8) is 0 Å². The number of fused-ring (bicyclic) bond motifs is 1. The Morgan fingerprint density at radius 3 is 2.95 bits per heavy atom.